The molecule has 0 saturated carbocycles. The molecule has 2 aromatic heterocycles. The molecule has 1 aliphatic rings. The fourth-order valence-corrected chi connectivity index (χ4v) is 3.09. The summed E-state index contributed by atoms with van der Waals surface area (Å²) in [6, 6.07) is 5.56. The minimum atomic E-state index is 0.0771. The van der Waals surface area contributed by atoms with Crippen LogP contribution >= 0.6 is 0 Å². The van der Waals surface area contributed by atoms with Crippen LogP contribution in [0.5, 0.6) is 5.75 Å². The molecule has 3 aromatic rings. The maximum atomic E-state index is 9.70. The lowest BCUT2D eigenvalue weighted by molar-refractivity contribution is 0.476. The molecule has 0 amide bonds. The largest absolute Gasteiger partial charge is 0.508 e. The van der Waals surface area contributed by atoms with Crippen LogP contribution in [-0.2, 0) is 13.5 Å². The maximum Gasteiger partial charge on any atom is 0.131 e. The third-order valence-corrected chi connectivity index (χ3v) is 4.05. The van der Waals surface area contributed by atoms with Crippen LogP contribution < -0.4 is 5.32 Å². The van der Waals surface area contributed by atoms with E-state index in [1.165, 1.54) is 5.56 Å². The predicted molar refractivity (Wildman–Crippen MR) is 76.7 cm³/mol. The SMILES string of the molecule is Cn1ccnc1C1NCCc2c1[nH]c1ccc(O)cc21. The molecule has 1 aromatic carbocycles. The van der Waals surface area contributed by atoms with Gasteiger partial charge in [0.1, 0.15) is 17.6 Å². The van der Waals surface area contributed by atoms with Crippen molar-refractivity contribution in [2.45, 2.75) is 12.5 Å². The lowest BCUT2D eigenvalue weighted by Gasteiger charge is -2.24. The van der Waals surface area contributed by atoms with Gasteiger partial charge < -0.3 is 20.0 Å². The summed E-state index contributed by atoms with van der Waals surface area (Å²) in [5.41, 5.74) is 3.50. The average molecular weight is 268 g/mol. The zero-order chi connectivity index (χ0) is 13.7. The number of phenolic OH excluding ortho intramolecular Hbond substituents is 1. The molecule has 0 radical (unpaired) electrons. The van der Waals surface area contributed by atoms with E-state index in [1.807, 2.05) is 36.1 Å². The molecule has 5 heteroatoms. The molecule has 0 aliphatic carbocycles. The average Bonchev–Trinajstić information content (AvgIpc) is 3.02. The normalized spacial score (nSPS) is 18.4. The zero-order valence-electron chi connectivity index (χ0n) is 11.2. The Bertz CT molecular complexity index is 786. The first-order chi connectivity index (χ1) is 9.74. The molecule has 1 atom stereocenters. The number of imidazole rings is 1. The third kappa shape index (κ3) is 1.56. The van der Waals surface area contributed by atoms with Crippen molar-refractivity contribution in [2.75, 3.05) is 6.54 Å². The first-order valence-corrected chi connectivity index (χ1v) is 6.78. The topological polar surface area (TPSA) is 65.9 Å². The molecule has 20 heavy (non-hydrogen) atoms. The minimum Gasteiger partial charge on any atom is -0.508 e. The van der Waals surface area contributed by atoms with Crippen molar-refractivity contribution in [3.05, 3.63) is 47.7 Å². The fraction of sp³-hybridized carbons (Fsp3) is 0.267. The van der Waals surface area contributed by atoms with E-state index in [4.69, 9.17) is 0 Å². The van der Waals surface area contributed by atoms with Gasteiger partial charge in [0.05, 0.1) is 0 Å². The lowest BCUT2D eigenvalue weighted by Crippen LogP contribution is -2.32. The summed E-state index contributed by atoms with van der Waals surface area (Å²) >= 11 is 0. The van der Waals surface area contributed by atoms with Gasteiger partial charge in [-0.3, -0.25) is 0 Å². The third-order valence-electron chi connectivity index (χ3n) is 4.05. The quantitative estimate of drug-likeness (QED) is 0.631. The first kappa shape index (κ1) is 11.5. The van der Waals surface area contributed by atoms with E-state index in [9.17, 15) is 5.11 Å². The summed E-state index contributed by atoms with van der Waals surface area (Å²) in [6.45, 7) is 0.910. The van der Waals surface area contributed by atoms with E-state index in [0.29, 0.717) is 5.75 Å². The van der Waals surface area contributed by atoms with Gasteiger partial charge in [-0.05, 0) is 30.2 Å². The van der Waals surface area contributed by atoms with E-state index < -0.39 is 0 Å². The van der Waals surface area contributed by atoms with Crippen LogP contribution in [0.1, 0.15) is 23.1 Å². The Hall–Kier alpha value is -2.27. The van der Waals surface area contributed by atoms with Crippen molar-refractivity contribution < 1.29 is 5.11 Å². The van der Waals surface area contributed by atoms with Gasteiger partial charge in [0.25, 0.3) is 0 Å². The predicted octanol–water partition coefficient (Wildman–Crippen LogP) is 1.84. The highest BCUT2D eigenvalue weighted by Crippen LogP contribution is 2.34. The first-order valence-electron chi connectivity index (χ1n) is 6.78. The van der Waals surface area contributed by atoms with E-state index in [0.717, 1.165) is 35.4 Å². The standard InChI is InChI=1S/C15H16N4O/c1-19-7-6-17-15(19)14-13-10(4-5-16-14)11-8-9(20)2-3-12(11)18-13/h2-3,6-8,14,16,18,20H,4-5H2,1H3. The molecule has 0 bridgehead atoms. The molecule has 4 rings (SSSR count). The van der Waals surface area contributed by atoms with E-state index in [-0.39, 0.29) is 6.04 Å². The molecule has 0 spiro atoms. The summed E-state index contributed by atoms with van der Waals surface area (Å²) in [4.78, 5) is 7.94. The van der Waals surface area contributed by atoms with Gasteiger partial charge in [-0.15, -0.1) is 0 Å². The molecule has 3 N–H and O–H groups in total. The number of aromatic nitrogens is 3. The van der Waals surface area contributed by atoms with Gasteiger partial charge in [-0.25, -0.2) is 4.98 Å². The number of nitrogens with zero attached hydrogens (tertiary/aromatic N) is 2. The summed E-state index contributed by atoms with van der Waals surface area (Å²) < 4.78 is 2.04. The zero-order valence-corrected chi connectivity index (χ0v) is 11.2. The Kier molecular flexibility index (Phi) is 2.37. The lowest BCUT2D eigenvalue weighted by atomic mass is 9.98. The molecular formula is C15H16N4O. The molecular weight excluding hydrogens is 252 g/mol. The number of aromatic hydroxyl groups is 1. The number of nitrogens with one attached hydrogen (secondary N) is 2. The second kappa shape index (κ2) is 4.11. The molecule has 3 heterocycles. The number of benzene rings is 1. The number of hydrogen-bond acceptors (Lipinski definition) is 3. The Morgan fingerprint density at radius 1 is 1.40 bits per heavy atom. The number of rotatable bonds is 1. The van der Waals surface area contributed by atoms with Gasteiger partial charge in [-0.2, -0.15) is 0 Å². The molecule has 0 fully saturated rings. The van der Waals surface area contributed by atoms with Crippen molar-refractivity contribution in [3.63, 3.8) is 0 Å². The summed E-state index contributed by atoms with van der Waals surface area (Å²) in [6.07, 6.45) is 4.74. The van der Waals surface area contributed by atoms with Crippen LogP contribution in [0.25, 0.3) is 10.9 Å². The number of aryl methyl sites for hydroxylation is 1. The Morgan fingerprint density at radius 3 is 3.10 bits per heavy atom. The number of fused-ring (bicyclic) bond motifs is 3. The van der Waals surface area contributed by atoms with Crippen molar-refractivity contribution in [1.29, 1.82) is 0 Å². The minimum absolute atomic E-state index is 0.0771. The van der Waals surface area contributed by atoms with Gasteiger partial charge in [-0.1, -0.05) is 0 Å². The van der Waals surface area contributed by atoms with Crippen LogP contribution in [0.15, 0.2) is 30.6 Å². The maximum absolute atomic E-state index is 9.70. The highest BCUT2D eigenvalue weighted by atomic mass is 16.3. The highest BCUT2D eigenvalue weighted by molar-refractivity contribution is 5.86. The second-order valence-corrected chi connectivity index (χ2v) is 5.28. The van der Waals surface area contributed by atoms with Crippen LogP contribution in [0.4, 0.5) is 0 Å². The van der Waals surface area contributed by atoms with Crippen molar-refractivity contribution in [3.8, 4) is 5.75 Å². The number of hydrogen-bond donors (Lipinski definition) is 3. The molecule has 1 unspecified atom stereocenters. The number of H-pyrrole nitrogens is 1. The van der Waals surface area contributed by atoms with Crippen LogP contribution in [-0.4, -0.2) is 26.2 Å². The summed E-state index contributed by atoms with van der Waals surface area (Å²) in [5.74, 6) is 1.31. The number of phenols is 1. The van der Waals surface area contributed by atoms with E-state index in [1.54, 1.807) is 6.07 Å². The summed E-state index contributed by atoms with van der Waals surface area (Å²) in [5, 5.41) is 14.3. The van der Waals surface area contributed by atoms with Crippen molar-refractivity contribution >= 4 is 10.9 Å². The van der Waals surface area contributed by atoms with Crippen LogP contribution in [0.3, 0.4) is 0 Å². The monoisotopic (exact) mass is 268 g/mol. The van der Waals surface area contributed by atoms with Crippen molar-refractivity contribution in [1.82, 2.24) is 19.9 Å². The Labute approximate surface area is 116 Å². The molecule has 0 saturated heterocycles. The Balaban J connectivity index is 1.93. The summed E-state index contributed by atoms with van der Waals surface area (Å²) in [7, 11) is 2.01. The molecule has 1 aliphatic heterocycles. The number of aromatic amines is 1. The van der Waals surface area contributed by atoms with E-state index >= 15 is 0 Å². The van der Waals surface area contributed by atoms with Gasteiger partial charge in [0, 0.05) is 42.6 Å². The van der Waals surface area contributed by atoms with Crippen molar-refractivity contribution in [2.24, 2.45) is 7.05 Å². The molecule has 5 nitrogen and oxygen atoms in total. The van der Waals surface area contributed by atoms with Crippen LogP contribution in [0.2, 0.25) is 0 Å². The Morgan fingerprint density at radius 2 is 2.30 bits per heavy atom. The molecule has 102 valence electrons. The fourth-order valence-electron chi connectivity index (χ4n) is 3.09. The van der Waals surface area contributed by atoms with Crippen LogP contribution in [0, 0.1) is 0 Å². The van der Waals surface area contributed by atoms with Gasteiger partial charge in [0.15, 0.2) is 0 Å². The highest BCUT2D eigenvalue weighted by Gasteiger charge is 2.27. The second-order valence-electron chi connectivity index (χ2n) is 5.28. The van der Waals surface area contributed by atoms with Gasteiger partial charge >= 0.3 is 0 Å². The van der Waals surface area contributed by atoms with Gasteiger partial charge in [0.2, 0.25) is 0 Å². The smallest absolute Gasteiger partial charge is 0.131 e. The van der Waals surface area contributed by atoms with E-state index in [2.05, 4.69) is 15.3 Å².